The normalized spacial score (nSPS) is 9.76. The molecule has 1 aromatic carbocycles. The Kier molecular flexibility index (Phi) is 5.63. The number of ether oxygens (including phenoxy) is 1. The standard InChI is InChI=1S/C13H17NO2S/c1-10(17)14-12-8-6-11(7-9-12)4-3-5-13(15)16-2/h6-9H,3-5H2,1-2H3,(H,14,17). The SMILES string of the molecule is COC(=O)CCCc1ccc(NC(C)=S)cc1. The number of benzene rings is 1. The van der Waals surface area contributed by atoms with Gasteiger partial charge in [0.2, 0.25) is 0 Å². The van der Waals surface area contributed by atoms with E-state index in [-0.39, 0.29) is 5.97 Å². The molecule has 17 heavy (non-hydrogen) atoms. The van der Waals surface area contributed by atoms with E-state index in [1.54, 1.807) is 0 Å². The van der Waals surface area contributed by atoms with Gasteiger partial charge in [-0.15, -0.1) is 0 Å². The highest BCUT2D eigenvalue weighted by Crippen LogP contribution is 2.12. The highest BCUT2D eigenvalue weighted by Gasteiger charge is 2.00. The number of carbonyl (C=O) groups excluding carboxylic acids is 1. The number of hydrogen-bond acceptors (Lipinski definition) is 3. The highest BCUT2D eigenvalue weighted by molar-refractivity contribution is 7.80. The molecule has 0 saturated heterocycles. The van der Waals surface area contributed by atoms with Gasteiger partial charge in [-0.2, -0.15) is 0 Å². The molecule has 4 heteroatoms. The van der Waals surface area contributed by atoms with E-state index in [4.69, 9.17) is 12.2 Å². The molecule has 0 amide bonds. The van der Waals surface area contributed by atoms with Gasteiger partial charge < -0.3 is 10.1 Å². The van der Waals surface area contributed by atoms with Crippen LogP contribution < -0.4 is 5.32 Å². The van der Waals surface area contributed by atoms with Gasteiger partial charge in [0, 0.05) is 12.1 Å². The monoisotopic (exact) mass is 251 g/mol. The van der Waals surface area contributed by atoms with Crippen molar-refractivity contribution in [2.24, 2.45) is 0 Å². The lowest BCUT2D eigenvalue weighted by molar-refractivity contribution is -0.140. The van der Waals surface area contributed by atoms with Gasteiger partial charge >= 0.3 is 5.97 Å². The summed E-state index contributed by atoms with van der Waals surface area (Å²) in [6, 6.07) is 8.06. The Labute approximate surface area is 107 Å². The van der Waals surface area contributed by atoms with E-state index in [1.165, 1.54) is 12.7 Å². The van der Waals surface area contributed by atoms with E-state index >= 15 is 0 Å². The minimum atomic E-state index is -0.153. The van der Waals surface area contributed by atoms with Gasteiger partial charge in [0.1, 0.15) is 0 Å². The molecule has 0 unspecified atom stereocenters. The van der Waals surface area contributed by atoms with Gasteiger partial charge in [-0.25, -0.2) is 0 Å². The van der Waals surface area contributed by atoms with Gasteiger partial charge in [-0.3, -0.25) is 4.79 Å². The molecule has 0 aliphatic rings. The van der Waals surface area contributed by atoms with Crippen molar-refractivity contribution >= 4 is 28.9 Å². The summed E-state index contributed by atoms with van der Waals surface area (Å²) in [5.41, 5.74) is 2.20. The van der Waals surface area contributed by atoms with Crippen LogP contribution in [0.25, 0.3) is 0 Å². The van der Waals surface area contributed by atoms with Crippen LogP contribution in [0.4, 0.5) is 5.69 Å². The fourth-order valence-electron chi connectivity index (χ4n) is 1.50. The quantitative estimate of drug-likeness (QED) is 0.645. The van der Waals surface area contributed by atoms with Crippen molar-refractivity contribution in [3.05, 3.63) is 29.8 Å². The number of aryl methyl sites for hydroxylation is 1. The summed E-state index contributed by atoms with van der Waals surface area (Å²) < 4.78 is 4.59. The van der Waals surface area contributed by atoms with Crippen LogP contribution in [0.2, 0.25) is 0 Å². The van der Waals surface area contributed by atoms with Gasteiger partial charge in [0.15, 0.2) is 0 Å². The van der Waals surface area contributed by atoms with Crippen molar-refractivity contribution in [1.82, 2.24) is 0 Å². The van der Waals surface area contributed by atoms with E-state index in [0.29, 0.717) is 6.42 Å². The van der Waals surface area contributed by atoms with E-state index in [0.717, 1.165) is 23.5 Å². The Bertz CT molecular complexity index is 387. The zero-order valence-corrected chi connectivity index (χ0v) is 11.0. The second-order valence-electron chi connectivity index (χ2n) is 3.81. The average molecular weight is 251 g/mol. The molecule has 0 radical (unpaired) electrons. The van der Waals surface area contributed by atoms with Gasteiger partial charge in [-0.1, -0.05) is 24.4 Å². The maximum Gasteiger partial charge on any atom is 0.305 e. The average Bonchev–Trinajstić information content (AvgIpc) is 2.30. The molecule has 0 aliphatic carbocycles. The zero-order chi connectivity index (χ0) is 12.7. The molecule has 1 N–H and O–H groups in total. The van der Waals surface area contributed by atoms with Gasteiger partial charge in [0.05, 0.1) is 12.1 Å². The molecule has 1 aromatic rings. The number of methoxy groups -OCH3 is 1. The number of thiocarbonyl (C=S) groups is 1. The van der Waals surface area contributed by atoms with Crippen molar-refractivity contribution in [3.8, 4) is 0 Å². The first-order valence-electron chi connectivity index (χ1n) is 5.55. The summed E-state index contributed by atoms with van der Waals surface area (Å²) in [7, 11) is 1.41. The smallest absolute Gasteiger partial charge is 0.305 e. The summed E-state index contributed by atoms with van der Waals surface area (Å²) in [5.74, 6) is -0.153. The minimum Gasteiger partial charge on any atom is -0.469 e. The Balaban J connectivity index is 2.40. The van der Waals surface area contributed by atoms with E-state index < -0.39 is 0 Å². The summed E-state index contributed by atoms with van der Waals surface area (Å²) >= 11 is 4.96. The molecule has 0 heterocycles. The summed E-state index contributed by atoms with van der Waals surface area (Å²) in [4.78, 5) is 11.7. The van der Waals surface area contributed by atoms with Crippen LogP contribution in [0, 0.1) is 0 Å². The molecule has 0 atom stereocenters. The van der Waals surface area contributed by atoms with Crippen molar-refractivity contribution in [2.75, 3.05) is 12.4 Å². The molecule has 0 aliphatic heterocycles. The van der Waals surface area contributed by atoms with Crippen LogP contribution in [-0.4, -0.2) is 18.1 Å². The van der Waals surface area contributed by atoms with Crippen LogP contribution in [0.5, 0.6) is 0 Å². The van der Waals surface area contributed by atoms with Gasteiger partial charge in [-0.05, 0) is 37.5 Å². The number of hydrogen-bond donors (Lipinski definition) is 1. The third kappa shape index (κ3) is 5.45. The third-order valence-electron chi connectivity index (χ3n) is 2.35. The first-order chi connectivity index (χ1) is 8.11. The molecule has 1 rings (SSSR count). The van der Waals surface area contributed by atoms with Crippen LogP contribution in [0.15, 0.2) is 24.3 Å². The van der Waals surface area contributed by atoms with Crippen molar-refractivity contribution in [1.29, 1.82) is 0 Å². The first-order valence-corrected chi connectivity index (χ1v) is 5.96. The molecular weight excluding hydrogens is 234 g/mol. The minimum absolute atomic E-state index is 0.153. The Morgan fingerprint density at radius 3 is 2.53 bits per heavy atom. The number of carbonyl (C=O) groups is 1. The Morgan fingerprint density at radius 2 is 2.00 bits per heavy atom. The van der Waals surface area contributed by atoms with Gasteiger partial charge in [0.25, 0.3) is 0 Å². The summed E-state index contributed by atoms with van der Waals surface area (Å²) in [5, 5.41) is 3.07. The lowest BCUT2D eigenvalue weighted by Gasteiger charge is -2.05. The van der Waals surface area contributed by atoms with Crippen LogP contribution in [0.3, 0.4) is 0 Å². The molecule has 0 fully saturated rings. The third-order valence-corrected chi connectivity index (χ3v) is 2.45. The molecule has 3 nitrogen and oxygen atoms in total. The van der Waals surface area contributed by atoms with Crippen molar-refractivity contribution < 1.29 is 9.53 Å². The van der Waals surface area contributed by atoms with E-state index in [2.05, 4.69) is 10.1 Å². The molecule has 0 bridgehead atoms. The van der Waals surface area contributed by atoms with Crippen LogP contribution in [-0.2, 0) is 16.0 Å². The predicted octanol–water partition coefficient (Wildman–Crippen LogP) is 2.94. The lowest BCUT2D eigenvalue weighted by atomic mass is 10.1. The largest absolute Gasteiger partial charge is 0.469 e. The maximum absolute atomic E-state index is 10.9. The number of esters is 1. The lowest BCUT2D eigenvalue weighted by Crippen LogP contribution is -2.03. The Morgan fingerprint density at radius 1 is 1.35 bits per heavy atom. The Hall–Kier alpha value is -1.42. The van der Waals surface area contributed by atoms with Crippen molar-refractivity contribution in [2.45, 2.75) is 26.2 Å². The summed E-state index contributed by atoms with van der Waals surface area (Å²) in [6.07, 6.45) is 2.16. The number of anilines is 1. The number of nitrogens with one attached hydrogen (secondary N) is 1. The molecule has 0 saturated carbocycles. The molecule has 0 spiro atoms. The second kappa shape index (κ2) is 7.01. The molecule has 0 aromatic heterocycles. The zero-order valence-electron chi connectivity index (χ0n) is 10.2. The van der Waals surface area contributed by atoms with Crippen LogP contribution in [0.1, 0.15) is 25.3 Å². The fraction of sp³-hybridized carbons (Fsp3) is 0.385. The van der Waals surface area contributed by atoms with E-state index in [1.807, 2.05) is 31.2 Å². The van der Waals surface area contributed by atoms with Crippen molar-refractivity contribution in [3.63, 3.8) is 0 Å². The van der Waals surface area contributed by atoms with E-state index in [9.17, 15) is 4.79 Å². The molecule has 92 valence electrons. The highest BCUT2D eigenvalue weighted by atomic mass is 32.1. The fourth-order valence-corrected chi connectivity index (χ4v) is 1.61. The predicted molar refractivity (Wildman–Crippen MR) is 73.3 cm³/mol. The number of rotatable bonds is 5. The van der Waals surface area contributed by atoms with Crippen LogP contribution >= 0.6 is 12.2 Å². The topological polar surface area (TPSA) is 38.3 Å². The first kappa shape index (κ1) is 13.6. The maximum atomic E-state index is 10.9. The second-order valence-corrected chi connectivity index (χ2v) is 4.42. The summed E-state index contributed by atoms with van der Waals surface area (Å²) in [6.45, 7) is 1.85. The molecular formula is C13H17NO2S.